The number of fused-ring (bicyclic) bond motifs is 2. The molecule has 134 valence electrons. The molecule has 2 heterocycles. The molecule has 0 unspecified atom stereocenters. The second kappa shape index (κ2) is 7.05. The van der Waals surface area contributed by atoms with E-state index in [9.17, 15) is 4.79 Å². The van der Waals surface area contributed by atoms with Gasteiger partial charge in [-0.1, -0.05) is 30.3 Å². The quantitative estimate of drug-likeness (QED) is 0.698. The number of hydrogen-bond donors (Lipinski definition) is 1. The highest BCUT2D eigenvalue weighted by atomic mass is 32.2. The van der Waals surface area contributed by atoms with Gasteiger partial charge in [0.25, 0.3) is 0 Å². The van der Waals surface area contributed by atoms with Crippen LogP contribution in [0.15, 0.2) is 64.6 Å². The summed E-state index contributed by atoms with van der Waals surface area (Å²) in [5, 5.41) is 2.77. The van der Waals surface area contributed by atoms with Crippen molar-refractivity contribution in [1.29, 1.82) is 0 Å². The molecule has 1 aliphatic rings. The van der Waals surface area contributed by atoms with Crippen molar-refractivity contribution in [3.63, 3.8) is 0 Å². The molecule has 1 aromatic heterocycles. The number of hydrogen-bond acceptors (Lipinski definition) is 4. The van der Waals surface area contributed by atoms with Crippen LogP contribution in [0.1, 0.15) is 34.7 Å². The van der Waals surface area contributed by atoms with Gasteiger partial charge in [-0.3, -0.25) is 9.78 Å². The third-order valence-corrected chi connectivity index (χ3v) is 5.63. The topological polar surface area (TPSA) is 56.0 Å². The summed E-state index contributed by atoms with van der Waals surface area (Å²) in [7, 11) is 0. The van der Waals surface area contributed by atoms with Crippen molar-refractivity contribution in [2.24, 2.45) is 5.73 Å². The molecule has 4 rings (SSSR count). The highest BCUT2D eigenvalue weighted by Crippen LogP contribution is 2.35. The standard InChI is InChI=1S/C23H20N2OS/c1-14-7-8-22-20(23(26)19(14)9-15(2)24)10-17(11-25-22)21-13-27-12-16-5-3-4-6-18(16)21/h3-11,13H,12,24H2,1-2H3/b15-9+. The van der Waals surface area contributed by atoms with E-state index in [0.717, 1.165) is 22.5 Å². The smallest absolute Gasteiger partial charge is 0.195 e. The Morgan fingerprint density at radius 3 is 2.85 bits per heavy atom. The number of thioether (sulfide) groups is 1. The zero-order chi connectivity index (χ0) is 19.0. The van der Waals surface area contributed by atoms with Crippen LogP contribution in [0.25, 0.3) is 22.6 Å². The van der Waals surface area contributed by atoms with Crippen molar-refractivity contribution < 1.29 is 0 Å². The van der Waals surface area contributed by atoms with Crippen LogP contribution in [0.5, 0.6) is 0 Å². The maximum atomic E-state index is 13.2. The average Bonchev–Trinajstić information content (AvgIpc) is 2.79. The van der Waals surface area contributed by atoms with Crippen LogP contribution in [-0.2, 0) is 5.75 Å². The summed E-state index contributed by atoms with van der Waals surface area (Å²) in [5.41, 5.74) is 13.2. The van der Waals surface area contributed by atoms with Crippen LogP contribution in [0, 0.1) is 6.92 Å². The first-order chi connectivity index (χ1) is 13.0. The second-order valence-electron chi connectivity index (χ2n) is 6.80. The molecule has 4 heteroatoms. The Hall–Kier alpha value is -2.85. The van der Waals surface area contributed by atoms with E-state index in [2.05, 4.69) is 28.6 Å². The Bertz CT molecular complexity index is 1170. The van der Waals surface area contributed by atoms with E-state index in [1.165, 1.54) is 11.1 Å². The number of rotatable bonds is 2. The van der Waals surface area contributed by atoms with Crippen molar-refractivity contribution in [1.82, 2.24) is 4.98 Å². The Morgan fingerprint density at radius 1 is 1.22 bits per heavy atom. The summed E-state index contributed by atoms with van der Waals surface area (Å²) < 4.78 is 0. The largest absolute Gasteiger partial charge is 0.402 e. The molecule has 0 atom stereocenters. The predicted molar refractivity (Wildman–Crippen MR) is 115 cm³/mol. The Balaban J connectivity index is 1.97. The molecule has 2 N–H and O–H groups in total. The molecule has 0 amide bonds. The lowest BCUT2D eigenvalue weighted by Crippen LogP contribution is -2.07. The Morgan fingerprint density at radius 2 is 2.04 bits per heavy atom. The van der Waals surface area contributed by atoms with Crippen molar-refractivity contribution >= 4 is 34.3 Å². The summed E-state index contributed by atoms with van der Waals surface area (Å²) in [6, 6.07) is 14.2. The third kappa shape index (κ3) is 3.28. The van der Waals surface area contributed by atoms with E-state index in [0.29, 0.717) is 22.2 Å². The molecule has 1 aliphatic heterocycles. The van der Waals surface area contributed by atoms with Crippen LogP contribution in [0.2, 0.25) is 0 Å². The van der Waals surface area contributed by atoms with Crippen molar-refractivity contribution in [2.45, 2.75) is 19.6 Å². The predicted octanol–water partition coefficient (Wildman–Crippen LogP) is 4.86. The maximum absolute atomic E-state index is 13.2. The summed E-state index contributed by atoms with van der Waals surface area (Å²) in [5.74, 6) is 0.965. The number of benzene rings is 1. The first-order valence-corrected chi connectivity index (χ1v) is 9.87. The van der Waals surface area contributed by atoms with Gasteiger partial charge in [-0.25, -0.2) is 0 Å². The maximum Gasteiger partial charge on any atom is 0.195 e. The number of pyridine rings is 1. The molecule has 0 aliphatic carbocycles. The minimum atomic E-state index is -0.0380. The lowest BCUT2D eigenvalue weighted by Gasteiger charge is -2.17. The van der Waals surface area contributed by atoms with Gasteiger partial charge in [0.1, 0.15) is 0 Å². The number of aromatic nitrogens is 1. The van der Waals surface area contributed by atoms with E-state index in [1.807, 2.05) is 37.4 Å². The minimum Gasteiger partial charge on any atom is -0.402 e. The highest BCUT2D eigenvalue weighted by Gasteiger charge is 2.15. The Labute approximate surface area is 162 Å². The molecular weight excluding hydrogens is 352 g/mol. The Kier molecular flexibility index (Phi) is 4.58. The highest BCUT2D eigenvalue weighted by molar-refractivity contribution is 8.01. The molecular formula is C23H20N2OS. The van der Waals surface area contributed by atoms with Crippen LogP contribution < -0.4 is 11.2 Å². The van der Waals surface area contributed by atoms with E-state index in [-0.39, 0.29) is 5.43 Å². The van der Waals surface area contributed by atoms with Crippen LogP contribution >= 0.6 is 11.8 Å². The summed E-state index contributed by atoms with van der Waals surface area (Å²) in [6.07, 6.45) is 3.60. The zero-order valence-electron chi connectivity index (χ0n) is 15.3. The number of aryl methyl sites for hydroxylation is 1. The lowest BCUT2D eigenvalue weighted by atomic mass is 9.96. The first-order valence-electron chi connectivity index (χ1n) is 8.82. The van der Waals surface area contributed by atoms with Gasteiger partial charge in [0.15, 0.2) is 5.43 Å². The van der Waals surface area contributed by atoms with E-state index in [4.69, 9.17) is 5.73 Å². The molecule has 27 heavy (non-hydrogen) atoms. The first kappa shape index (κ1) is 17.6. The molecule has 2 aromatic carbocycles. The molecule has 0 bridgehead atoms. The summed E-state index contributed by atoms with van der Waals surface area (Å²) in [6.45, 7) is 3.71. The van der Waals surface area contributed by atoms with E-state index < -0.39 is 0 Å². The average molecular weight is 372 g/mol. The summed E-state index contributed by atoms with van der Waals surface area (Å²) >= 11 is 1.77. The molecule has 3 nitrogen and oxygen atoms in total. The van der Waals surface area contributed by atoms with E-state index in [1.54, 1.807) is 24.8 Å². The minimum absolute atomic E-state index is 0.0380. The van der Waals surface area contributed by atoms with Crippen molar-refractivity contribution in [3.05, 3.63) is 97.8 Å². The monoisotopic (exact) mass is 372 g/mol. The van der Waals surface area contributed by atoms with Crippen LogP contribution in [-0.4, -0.2) is 4.98 Å². The van der Waals surface area contributed by atoms with Gasteiger partial charge in [-0.05, 0) is 59.7 Å². The normalized spacial score (nSPS) is 14.0. The van der Waals surface area contributed by atoms with Crippen LogP contribution in [0.3, 0.4) is 0 Å². The van der Waals surface area contributed by atoms with Gasteiger partial charge >= 0.3 is 0 Å². The molecule has 3 aromatic rings. The second-order valence-corrected chi connectivity index (χ2v) is 7.66. The molecule has 0 radical (unpaired) electrons. The number of nitrogens with zero attached hydrogens (tertiary/aromatic N) is 1. The molecule has 0 spiro atoms. The zero-order valence-corrected chi connectivity index (χ0v) is 16.1. The van der Waals surface area contributed by atoms with Crippen molar-refractivity contribution in [3.8, 4) is 0 Å². The van der Waals surface area contributed by atoms with E-state index >= 15 is 0 Å². The fourth-order valence-electron chi connectivity index (χ4n) is 3.37. The van der Waals surface area contributed by atoms with Crippen molar-refractivity contribution in [2.75, 3.05) is 0 Å². The summed E-state index contributed by atoms with van der Waals surface area (Å²) in [4.78, 5) is 17.8. The number of allylic oxidation sites excluding steroid dienone is 1. The van der Waals surface area contributed by atoms with Gasteiger partial charge in [0.2, 0.25) is 0 Å². The third-order valence-electron chi connectivity index (χ3n) is 4.75. The van der Waals surface area contributed by atoms with Crippen LogP contribution in [0.4, 0.5) is 0 Å². The fourth-order valence-corrected chi connectivity index (χ4v) is 4.32. The fraction of sp³-hybridized carbons (Fsp3) is 0.130. The van der Waals surface area contributed by atoms with Gasteiger partial charge in [-0.15, -0.1) is 11.8 Å². The molecule has 0 fully saturated rings. The number of nitrogens with two attached hydrogens (primary N) is 1. The lowest BCUT2D eigenvalue weighted by molar-refractivity contribution is 1.33. The SMILES string of the molecule is C/C(N)=C\c1c(C)ccc2ncc(C3=CSCc4ccccc43)cc2c1=O. The van der Waals surface area contributed by atoms with Gasteiger partial charge in [0, 0.05) is 34.2 Å². The molecule has 0 saturated heterocycles. The van der Waals surface area contributed by atoms with Gasteiger partial charge in [0.05, 0.1) is 5.52 Å². The van der Waals surface area contributed by atoms with Gasteiger partial charge in [-0.2, -0.15) is 0 Å². The molecule has 0 saturated carbocycles. The van der Waals surface area contributed by atoms with Gasteiger partial charge < -0.3 is 5.73 Å².